The van der Waals surface area contributed by atoms with Crippen molar-refractivity contribution in [3.8, 4) is 16.9 Å². The highest BCUT2D eigenvalue weighted by atomic mass is 79.9. The first-order chi connectivity index (χ1) is 18.8. The Morgan fingerprint density at radius 1 is 0.923 bits per heavy atom. The minimum atomic E-state index is -4.08. The van der Waals surface area contributed by atoms with Gasteiger partial charge in [0.2, 0.25) is 0 Å². The van der Waals surface area contributed by atoms with Gasteiger partial charge in [-0.05, 0) is 54.3 Å². The van der Waals surface area contributed by atoms with E-state index in [4.69, 9.17) is 18.7 Å². The van der Waals surface area contributed by atoms with Crippen molar-refractivity contribution < 1.29 is 27.2 Å². The fourth-order valence-corrected chi connectivity index (χ4v) is 6.08. The molecule has 4 rings (SSSR count). The molecular formula is C29H31BrN2O6S. The first-order valence-corrected chi connectivity index (χ1v) is 14.8. The van der Waals surface area contributed by atoms with Crippen LogP contribution >= 0.6 is 15.9 Å². The predicted octanol–water partition coefficient (Wildman–Crippen LogP) is 6.38. The van der Waals surface area contributed by atoms with Crippen LogP contribution in [-0.2, 0) is 38.0 Å². The molecule has 0 aliphatic heterocycles. The van der Waals surface area contributed by atoms with E-state index in [1.807, 2.05) is 48.5 Å². The standard InChI is InChI=1S/C29H31BrN2O6S/c1-20-21(2)38-31-29(20)32(19-35-3)39(33,34)28-8-6-5-7-27(28)26-14-11-23(16-30)15-24(26)18-37-17-22-9-12-25(36-4)13-10-22/h5-15H,16-19H2,1-4H3. The summed E-state index contributed by atoms with van der Waals surface area (Å²) in [7, 11) is -1.02. The van der Waals surface area contributed by atoms with Gasteiger partial charge in [0.05, 0.1) is 25.2 Å². The van der Waals surface area contributed by atoms with Crippen molar-refractivity contribution in [2.45, 2.75) is 37.3 Å². The molecule has 0 fully saturated rings. The highest BCUT2D eigenvalue weighted by Crippen LogP contribution is 2.35. The normalized spacial score (nSPS) is 11.5. The zero-order valence-electron chi connectivity index (χ0n) is 22.3. The van der Waals surface area contributed by atoms with Gasteiger partial charge in [0.1, 0.15) is 18.2 Å². The van der Waals surface area contributed by atoms with Crippen molar-refractivity contribution in [1.29, 1.82) is 0 Å². The Kier molecular flexibility index (Phi) is 9.45. The van der Waals surface area contributed by atoms with E-state index < -0.39 is 10.0 Å². The molecule has 8 nitrogen and oxygen atoms in total. The molecular weight excluding hydrogens is 584 g/mol. The van der Waals surface area contributed by atoms with Crippen LogP contribution in [0.3, 0.4) is 0 Å². The molecule has 0 spiro atoms. The van der Waals surface area contributed by atoms with Gasteiger partial charge < -0.3 is 18.7 Å². The van der Waals surface area contributed by atoms with Crippen LogP contribution in [0, 0.1) is 13.8 Å². The highest BCUT2D eigenvalue weighted by molar-refractivity contribution is 9.08. The van der Waals surface area contributed by atoms with Crippen LogP contribution in [0.25, 0.3) is 11.1 Å². The number of anilines is 1. The summed E-state index contributed by atoms with van der Waals surface area (Å²) in [6, 6.07) is 20.5. The van der Waals surface area contributed by atoms with Crippen molar-refractivity contribution in [2.75, 3.05) is 25.3 Å². The number of methoxy groups -OCH3 is 2. The molecule has 0 aliphatic carbocycles. The van der Waals surface area contributed by atoms with Gasteiger partial charge in [0.15, 0.2) is 5.82 Å². The highest BCUT2D eigenvalue weighted by Gasteiger charge is 2.32. The SMILES string of the molecule is COCN(c1noc(C)c1C)S(=O)(=O)c1ccccc1-c1ccc(CBr)cc1COCc1ccc(OC)cc1. The maximum Gasteiger partial charge on any atom is 0.268 e. The smallest absolute Gasteiger partial charge is 0.268 e. The van der Waals surface area contributed by atoms with Crippen molar-refractivity contribution in [3.05, 3.63) is 94.7 Å². The van der Waals surface area contributed by atoms with Crippen molar-refractivity contribution in [3.63, 3.8) is 0 Å². The fourth-order valence-electron chi connectivity index (χ4n) is 4.15. The molecule has 0 amide bonds. The largest absolute Gasteiger partial charge is 0.497 e. The number of sulfonamides is 1. The summed E-state index contributed by atoms with van der Waals surface area (Å²) < 4.78 is 51.1. The van der Waals surface area contributed by atoms with Crippen LogP contribution in [0.1, 0.15) is 28.0 Å². The lowest BCUT2D eigenvalue weighted by Crippen LogP contribution is -2.34. The summed E-state index contributed by atoms with van der Waals surface area (Å²) in [6.45, 7) is 3.97. The van der Waals surface area contributed by atoms with E-state index in [2.05, 4.69) is 21.1 Å². The summed E-state index contributed by atoms with van der Waals surface area (Å²) in [5.41, 5.74) is 4.87. The number of rotatable bonds is 12. The fraction of sp³-hybridized carbons (Fsp3) is 0.276. The number of benzene rings is 3. The van der Waals surface area contributed by atoms with Gasteiger partial charge in [0, 0.05) is 23.6 Å². The zero-order valence-corrected chi connectivity index (χ0v) is 24.7. The van der Waals surface area contributed by atoms with E-state index >= 15 is 0 Å². The third-order valence-corrected chi connectivity index (χ3v) is 8.79. The average molecular weight is 616 g/mol. The van der Waals surface area contributed by atoms with Gasteiger partial charge in [-0.15, -0.1) is 0 Å². The van der Waals surface area contributed by atoms with E-state index in [0.29, 0.717) is 35.4 Å². The molecule has 0 atom stereocenters. The summed E-state index contributed by atoms with van der Waals surface area (Å²) in [4.78, 5) is 0.130. The van der Waals surface area contributed by atoms with Gasteiger partial charge in [0.25, 0.3) is 10.0 Å². The number of ether oxygens (including phenoxy) is 3. The maximum atomic E-state index is 14.1. The minimum absolute atomic E-state index is 0.130. The molecule has 4 aromatic rings. The number of hydrogen-bond donors (Lipinski definition) is 0. The number of nitrogens with zero attached hydrogens (tertiary/aromatic N) is 2. The number of aryl methyl sites for hydroxylation is 1. The molecule has 0 saturated carbocycles. The maximum absolute atomic E-state index is 14.1. The van der Waals surface area contributed by atoms with Crippen LogP contribution in [0.4, 0.5) is 5.82 Å². The van der Waals surface area contributed by atoms with E-state index in [9.17, 15) is 8.42 Å². The van der Waals surface area contributed by atoms with Gasteiger partial charge >= 0.3 is 0 Å². The molecule has 1 aromatic heterocycles. The monoisotopic (exact) mass is 614 g/mol. The van der Waals surface area contributed by atoms with E-state index in [0.717, 1.165) is 32.3 Å². The molecule has 0 aliphatic rings. The van der Waals surface area contributed by atoms with E-state index in [1.54, 1.807) is 39.2 Å². The molecule has 1 heterocycles. The van der Waals surface area contributed by atoms with Crippen LogP contribution < -0.4 is 9.04 Å². The number of halogens is 1. The van der Waals surface area contributed by atoms with Crippen LogP contribution in [-0.4, -0.2) is 34.5 Å². The summed E-state index contributed by atoms with van der Waals surface area (Å²) >= 11 is 3.52. The Hall–Kier alpha value is -3.18. The van der Waals surface area contributed by atoms with Crippen LogP contribution in [0.5, 0.6) is 5.75 Å². The first kappa shape index (κ1) is 28.8. The number of hydrogen-bond acceptors (Lipinski definition) is 7. The third-order valence-electron chi connectivity index (χ3n) is 6.37. The number of aromatic nitrogens is 1. The summed E-state index contributed by atoms with van der Waals surface area (Å²) in [5.74, 6) is 1.51. The molecule has 3 aromatic carbocycles. The van der Waals surface area contributed by atoms with Gasteiger partial charge in [-0.3, -0.25) is 0 Å². The predicted molar refractivity (Wildman–Crippen MR) is 154 cm³/mol. The minimum Gasteiger partial charge on any atom is -0.497 e. The molecule has 0 N–H and O–H groups in total. The Bertz CT molecular complexity index is 1520. The lowest BCUT2D eigenvalue weighted by atomic mass is 9.98. The molecule has 206 valence electrons. The second-order valence-electron chi connectivity index (χ2n) is 8.92. The second kappa shape index (κ2) is 12.8. The molecule has 0 unspecified atom stereocenters. The molecule has 0 bridgehead atoms. The summed E-state index contributed by atoms with van der Waals surface area (Å²) in [6.07, 6.45) is 0. The Balaban J connectivity index is 1.71. The van der Waals surface area contributed by atoms with Gasteiger partial charge in [-0.2, -0.15) is 0 Å². The quantitative estimate of drug-likeness (QED) is 0.135. The molecule has 39 heavy (non-hydrogen) atoms. The third kappa shape index (κ3) is 6.36. The van der Waals surface area contributed by atoms with Crippen LogP contribution in [0.15, 0.2) is 76.1 Å². The van der Waals surface area contributed by atoms with Crippen molar-refractivity contribution in [1.82, 2.24) is 5.16 Å². The average Bonchev–Trinajstić information content (AvgIpc) is 3.29. The Morgan fingerprint density at radius 3 is 2.28 bits per heavy atom. The van der Waals surface area contributed by atoms with E-state index in [-0.39, 0.29) is 17.4 Å². The molecule has 10 heteroatoms. The van der Waals surface area contributed by atoms with Gasteiger partial charge in [-0.25, -0.2) is 12.7 Å². The summed E-state index contributed by atoms with van der Waals surface area (Å²) in [5, 5.41) is 4.67. The van der Waals surface area contributed by atoms with Crippen molar-refractivity contribution >= 4 is 31.8 Å². The van der Waals surface area contributed by atoms with Crippen LogP contribution in [0.2, 0.25) is 0 Å². The topological polar surface area (TPSA) is 91.1 Å². The zero-order chi connectivity index (χ0) is 28.0. The first-order valence-electron chi connectivity index (χ1n) is 12.2. The Morgan fingerprint density at radius 2 is 1.64 bits per heavy atom. The lowest BCUT2D eigenvalue weighted by Gasteiger charge is -2.23. The lowest BCUT2D eigenvalue weighted by molar-refractivity contribution is 0.107. The molecule has 0 radical (unpaired) electrons. The van der Waals surface area contributed by atoms with E-state index in [1.165, 1.54) is 7.11 Å². The Labute approximate surface area is 237 Å². The molecule has 0 saturated heterocycles. The second-order valence-corrected chi connectivity index (χ2v) is 11.3. The van der Waals surface area contributed by atoms with Gasteiger partial charge in [-0.1, -0.05) is 69.6 Å². The number of alkyl halides is 1. The van der Waals surface area contributed by atoms with Crippen molar-refractivity contribution in [2.24, 2.45) is 0 Å².